The Kier molecular flexibility index (Phi) is 9.66. The molecule has 5 nitrogen and oxygen atoms in total. The molecule has 0 aliphatic carbocycles. The lowest BCUT2D eigenvalue weighted by molar-refractivity contribution is -0.143. The van der Waals surface area contributed by atoms with Crippen molar-refractivity contribution < 1.29 is 14.3 Å². The highest BCUT2D eigenvalue weighted by atomic mass is 35.5. The molecule has 0 bridgehead atoms. The fraction of sp³-hybridized carbons (Fsp3) is 0.417. The minimum Gasteiger partial charge on any atom is -0.484 e. The van der Waals surface area contributed by atoms with Gasteiger partial charge in [-0.1, -0.05) is 55.2 Å². The normalized spacial score (nSPS) is 11.8. The standard InChI is InChI=1S/C24H30Cl2N2O3/c1-5-17-10-12-18(13-11-17)31-15-23(29)28(22(6-2)24(30)27-16(3)4)14-19-20(25)8-7-9-21(19)26/h7-13,16,22H,5-6,14-15H2,1-4H3,(H,27,30)/t22-/m1/s1. The molecule has 0 saturated heterocycles. The summed E-state index contributed by atoms with van der Waals surface area (Å²) in [4.78, 5) is 27.5. The van der Waals surface area contributed by atoms with Crippen molar-refractivity contribution in [2.24, 2.45) is 0 Å². The number of carbonyl (C=O) groups excluding carboxylic acids is 2. The van der Waals surface area contributed by atoms with Crippen LogP contribution in [0.15, 0.2) is 42.5 Å². The van der Waals surface area contributed by atoms with E-state index < -0.39 is 6.04 Å². The molecule has 2 amide bonds. The van der Waals surface area contributed by atoms with Crippen LogP contribution in [0.3, 0.4) is 0 Å². The third-order valence-electron chi connectivity index (χ3n) is 4.90. The highest BCUT2D eigenvalue weighted by Crippen LogP contribution is 2.27. The molecule has 2 aromatic rings. The minimum absolute atomic E-state index is 0.0456. The zero-order valence-corrected chi connectivity index (χ0v) is 20.0. The molecule has 7 heteroatoms. The highest BCUT2D eigenvalue weighted by Gasteiger charge is 2.30. The number of amides is 2. The quantitative estimate of drug-likeness (QED) is 0.520. The van der Waals surface area contributed by atoms with Crippen LogP contribution in [-0.4, -0.2) is 35.4 Å². The van der Waals surface area contributed by atoms with Crippen molar-refractivity contribution in [1.29, 1.82) is 0 Å². The molecule has 0 fully saturated rings. The van der Waals surface area contributed by atoms with Crippen molar-refractivity contribution in [2.45, 2.75) is 59.2 Å². The number of nitrogens with zero attached hydrogens (tertiary/aromatic N) is 1. The summed E-state index contributed by atoms with van der Waals surface area (Å²) in [5, 5.41) is 3.78. The Hall–Kier alpha value is -2.24. The van der Waals surface area contributed by atoms with E-state index in [0.29, 0.717) is 27.8 Å². The Morgan fingerprint density at radius 1 is 1.03 bits per heavy atom. The van der Waals surface area contributed by atoms with Gasteiger partial charge in [0.1, 0.15) is 11.8 Å². The molecule has 168 valence electrons. The van der Waals surface area contributed by atoms with E-state index in [1.54, 1.807) is 18.2 Å². The molecular formula is C24H30Cl2N2O3. The van der Waals surface area contributed by atoms with Crippen LogP contribution in [0.5, 0.6) is 5.75 Å². The summed E-state index contributed by atoms with van der Waals surface area (Å²) in [6.45, 7) is 7.61. The monoisotopic (exact) mass is 464 g/mol. The van der Waals surface area contributed by atoms with Crippen molar-refractivity contribution in [3.63, 3.8) is 0 Å². The number of hydrogen-bond acceptors (Lipinski definition) is 3. The smallest absolute Gasteiger partial charge is 0.261 e. The molecule has 2 aromatic carbocycles. The predicted molar refractivity (Wildman–Crippen MR) is 126 cm³/mol. The average Bonchev–Trinajstić information content (AvgIpc) is 2.73. The first-order chi connectivity index (χ1) is 14.8. The van der Waals surface area contributed by atoms with Crippen LogP contribution in [0.25, 0.3) is 0 Å². The van der Waals surface area contributed by atoms with E-state index in [9.17, 15) is 9.59 Å². The van der Waals surface area contributed by atoms with Gasteiger partial charge in [0.15, 0.2) is 6.61 Å². The fourth-order valence-electron chi connectivity index (χ4n) is 3.20. The van der Waals surface area contributed by atoms with E-state index in [1.807, 2.05) is 45.0 Å². The lowest BCUT2D eigenvalue weighted by Gasteiger charge is -2.31. The second-order valence-electron chi connectivity index (χ2n) is 7.60. The Balaban J connectivity index is 2.25. The topological polar surface area (TPSA) is 58.6 Å². The molecule has 0 saturated carbocycles. The first kappa shape index (κ1) is 25.0. The van der Waals surface area contributed by atoms with Gasteiger partial charge in [-0.25, -0.2) is 0 Å². The molecule has 0 heterocycles. The summed E-state index contributed by atoms with van der Waals surface area (Å²) >= 11 is 12.7. The number of carbonyl (C=O) groups is 2. The Morgan fingerprint density at radius 2 is 1.65 bits per heavy atom. The highest BCUT2D eigenvalue weighted by molar-refractivity contribution is 6.36. The van der Waals surface area contributed by atoms with Crippen LogP contribution in [0, 0.1) is 0 Å². The van der Waals surface area contributed by atoms with Crippen LogP contribution >= 0.6 is 23.2 Å². The van der Waals surface area contributed by atoms with Crippen LogP contribution in [0.2, 0.25) is 10.0 Å². The van der Waals surface area contributed by atoms with E-state index in [4.69, 9.17) is 27.9 Å². The molecule has 31 heavy (non-hydrogen) atoms. The zero-order chi connectivity index (χ0) is 23.0. The number of rotatable bonds is 10. The van der Waals surface area contributed by atoms with Gasteiger partial charge in [0.05, 0.1) is 0 Å². The summed E-state index contributed by atoms with van der Waals surface area (Å²) in [6.07, 6.45) is 1.37. The third kappa shape index (κ3) is 7.15. The number of nitrogens with one attached hydrogen (secondary N) is 1. The van der Waals surface area contributed by atoms with Gasteiger partial charge < -0.3 is 15.0 Å². The van der Waals surface area contributed by atoms with Crippen molar-refractivity contribution in [2.75, 3.05) is 6.61 Å². The second-order valence-corrected chi connectivity index (χ2v) is 8.41. The number of hydrogen-bond donors (Lipinski definition) is 1. The lowest BCUT2D eigenvalue weighted by atomic mass is 10.1. The molecule has 0 aliphatic rings. The molecule has 0 unspecified atom stereocenters. The Labute approximate surface area is 194 Å². The van der Waals surface area contributed by atoms with Crippen molar-refractivity contribution in [3.05, 3.63) is 63.6 Å². The molecule has 0 aromatic heterocycles. The van der Waals surface area contributed by atoms with Gasteiger partial charge >= 0.3 is 0 Å². The van der Waals surface area contributed by atoms with Gasteiger partial charge in [-0.15, -0.1) is 0 Å². The number of ether oxygens (including phenoxy) is 1. The van der Waals surface area contributed by atoms with Crippen molar-refractivity contribution in [3.8, 4) is 5.75 Å². The SMILES string of the molecule is CCc1ccc(OCC(=O)N(Cc2c(Cl)cccc2Cl)[C@H](CC)C(=O)NC(C)C)cc1. The zero-order valence-electron chi connectivity index (χ0n) is 18.5. The van der Waals surface area contributed by atoms with Gasteiger partial charge in [0.2, 0.25) is 5.91 Å². The molecule has 0 aliphatic heterocycles. The largest absolute Gasteiger partial charge is 0.484 e. The lowest BCUT2D eigenvalue weighted by Crippen LogP contribution is -2.51. The van der Waals surface area contributed by atoms with E-state index in [2.05, 4.69) is 12.2 Å². The summed E-state index contributed by atoms with van der Waals surface area (Å²) < 4.78 is 5.71. The predicted octanol–water partition coefficient (Wildman–Crippen LogP) is 5.27. The van der Waals surface area contributed by atoms with Crippen LogP contribution < -0.4 is 10.1 Å². The molecule has 0 radical (unpaired) electrons. The van der Waals surface area contributed by atoms with Crippen LogP contribution in [0.4, 0.5) is 0 Å². The maximum Gasteiger partial charge on any atom is 0.261 e. The van der Waals surface area contributed by atoms with Crippen molar-refractivity contribution in [1.82, 2.24) is 10.2 Å². The van der Waals surface area contributed by atoms with Crippen LogP contribution in [0.1, 0.15) is 45.2 Å². The molecule has 1 atom stereocenters. The second kappa shape index (κ2) is 12.0. The molecule has 2 rings (SSSR count). The summed E-state index contributed by atoms with van der Waals surface area (Å²) in [6, 6.07) is 12.1. The van der Waals surface area contributed by atoms with Crippen molar-refractivity contribution >= 4 is 35.0 Å². The Bertz CT molecular complexity index is 865. The number of aryl methyl sites for hydroxylation is 1. The van der Waals surface area contributed by atoms with Crippen LogP contribution in [-0.2, 0) is 22.6 Å². The van der Waals surface area contributed by atoms with Gasteiger partial charge in [-0.05, 0) is 56.5 Å². The first-order valence-electron chi connectivity index (χ1n) is 10.5. The Morgan fingerprint density at radius 3 is 2.16 bits per heavy atom. The molecule has 1 N–H and O–H groups in total. The van der Waals surface area contributed by atoms with Gasteiger partial charge in [0.25, 0.3) is 5.91 Å². The van der Waals surface area contributed by atoms with Gasteiger partial charge in [-0.3, -0.25) is 9.59 Å². The van der Waals surface area contributed by atoms with E-state index in [1.165, 1.54) is 10.5 Å². The third-order valence-corrected chi connectivity index (χ3v) is 5.61. The number of halogens is 2. The molecular weight excluding hydrogens is 435 g/mol. The summed E-state index contributed by atoms with van der Waals surface area (Å²) in [5.41, 5.74) is 1.78. The molecule has 0 spiro atoms. The number of benzene rings is 2. The van der Waals surface area contributed by atoms with E-state index >= 15 is 0 Å². The van der Waals surface area contributed by atoms with E-state index in [-0.39, 0.29) is 31.0 Å². The maximum absolute atomic E-state index is 13.2. The maximum atomic E-state index is 13.2. The summed E-state index contributed by atoms with van der Waals surface area (Å²) in [7, 11) is 0. The fourth-order valence-corrected chi connectivity index (χ4v) is 3.72. The minimum atomic E-state index is -0.673. The summed E-state index contributed by atoms with van der Waals surface area (Å²) in [5.74, 6) is 0.0589. The van der Waals surface area contributed by atoms with Gasteiger partial charge in [0, 0.05) is 28.2 Å². The first-order valence-corrected chi connectivity index (χ1v) is 11.3. The van der Waals surface area contributed by atoms with Gasteiger partial charge in [-0.2, -0.15) is 0 Å². The average molecular weight is 465 g/mol. The van der Waals surface area contributed by atoms with E-state index in [0.717, 1.165) is 6.42 Å².